The Bertz CT molecular complexity index is 139. The van der Waals surface area contributed by atoms with E-state index in [9.17, 15) is 0 Å². The topological polar surface area (TPSA) is 27.7 Å². The average molecular weight is 246 g/mol. The first-order chi connectivity index (χ1) is 8.35. The number of hydrogen-bond acceptors (Lipinski definition) is 3. The van der Waals surface area contributed by atoms with Crippen LogP contribution in [-0.4, -0.2) is 12.7 Å². The average Bonchev–Trinajstić information content (AvgIpc) is 2.34. The molecule has 0 bridgehead atoms. The summed E-state index contributed by atoms with van der Waals surface area (Å²) >= 11 is 0. The summed E-state index contributed by atoms with van der Waals surface area (Å²) in [5.41, 5.74) is 0. The fourth-order valence-corrected chi connectivity index (χ4v) is 1.74. The van der Waals surface area contributed by atoms with E-state index in [1.165, 1.54) is 32.1 Å². The minimum Gasteiger partial charge on any atom is -0.206 e. The highest BCUT2D eigenvalue weighted by atomic mass is 17.5. The lowest BCUT2D eigenvalue weighted by atomic mass is 10.1. The Morgan fingerprint density at radius 3 is 2.18 bits per heavy atom. The summed E-state index contributed by atoms with van der Waals surface area (Å²) in [5.74, 6) is 0. The monoisotopic (exact) mass is 246 g/mol. The van der Waals surface area contributed by atoms with Crippen LogP contribution in [0.25, 0.3) is 0 Å². The van der Waals surface area contributed by atoms with Crippen LogP contribution in [0, 0.1) is 0 Å². The molecule has 0 saturated carbocycles. The van der Waals surface area contributed by atoms with Gasteiger partial charge in [-0.15, -0.1) is 0 Å². The molecule has 3 heteroatoms. The summed E-state index contributed by atoms with van der Waals surface area (Å²) in [4.78, 5) is 10.2. The summed E-state index contributed by atoms with van der Waals surface area (Å²) in [7, 11) is 0. The Balaban J connectivity index is 3.45. The third-order valence-corrected chi connectivity index (χ3v) is 2.75. The normalized spacial score (nSPS) is 12.9. The molecular weight excluding hydrogens is 216 g/mol. The quantitative estimate of drug-likeness (QED) is 0.265. The highest BCUT2D eigenvalue weighted by Crippen LogP contribution is 2.13. The van der Waals surface area contributed by atoms with Crippen LogP contribution in [0.4, 0.5) is 0 Å². The van der Waals surface area contributed by atoms with Gasteiger partial charge < -0.3 is 0 Å². The van der Waals surface area contributed by atoms with Gasteiger partial charge >= 0.3 is 0 Å². The zero-order chi connectivity index (χ0) is 12.8. The zero-order valence-electron chi connectivity index (χ0n) is 11.9. The Hall–Kier alpha value is -0.120. The van der Waals surface area contributed by atoms with Crippen molar-refractivity contribution in [2.75, 3.05) is 6.61 Å². The van der Waals surface area contributed by atoms with E-state index in [1.807, 2.05) is 6.92 Å². The second-order valence-corrected chi connectivity index (χ2v) is 4.60. The van der Waals surface area contributed by atoms with Crippen molar-refractivity contribution < 1.29 is 14.8 Å². The van der Waals surface area contributed by atoms with E-state index < -0.39 is 0 Å². The Labute approximate surface area is 107 Å². The van der Waals surface area contributed by atoms with E-state index in [1.54, 1.807) is 0 Å². The van der Waals surface area contributed by atoms with Gasteiger partial charge in [0.15, 0.2) is 0 Å². The summed E-state index contributed by atoms with van der Waals surface area (Å²) in [6.07, 6.45) is 10.9. The van der Waals surface area contributed by atoms with Crippen LogP contribution in [0.3, 0.4) is 0 Å². The molecule has 0 rings (SSSR count). The maximum absolute atomic E-state index is 5.27. The van der Waals surface area contributed by atoms with Crippen molar-refractivity contribution in [3.05, 3.63) is 0 Å². The van der Waals surface area contributed by atoms with Gasteiger partial charge in [0.1, 0.15) is 0 Å². The van der Waals surface area contributed by atoms with Gasteiger partial charge in [-0.05, 0) is 19.3 Å². The van der Waals surface area contributed by atoms with Crippen molar-refractivity contribution >= 4 is 0 Å². The molecule has 0 saturated heterocycles. The second kappa shape index (κ2) is 13.9. The van der Waals surface area contributed by atoms with Crippen LogP contribution in [0.15, 0.2) is 0 Å². The molecule has 0 aliphatic carbocycles. The molecule has 0 aliphatic heterocycles. The Morgan fingerprint density at radius 1 is 0.765 bits per heavy atom. The summed E-state index contributed by atoms with van der Waals surface area (Å²) in [5, 5.41) is 4.77. The molecule has 0 N–H and O–H groups in total. The maximum Gasteiger partial charge on any atom is 0.0961 e. The summed E-state index contributed by atoms with van der Waals surface area (Å²) in [6, 6.07) is 0. The van der Waals surface area contributed by atoms with Crippen LogP contribution >= 0.6 is 0 Å². The summed E-state index contributed by atoms with van der Waals surface area (Å²) in [6.45, 7) is 7.04. The summed E-state index contributed by atoms with van der Waals surface area (Å²) < 4.78 is 0. The smallest absolute Gasteiger partial charge is 0.0961 e. The fourth-order valence-electron chi connectivity index (χ4n) is 1.74. The third-order valence-electron chi connectivity index (χ3n) is 2.75. The molecule has 0 aromatic rings. The van der Waals surface area contributed by atoms with Crippen molar-refractivity contribution in [3.63, 3.8) is 0 Å². The minimum absolute atomic E-state index is 0.193. The van der Waals surface area contributed by atoms with E-state index in [0.717, 1.165) is 25.7 Å². The van der Waals surface area contributed by atoms with E-state index in [0.29, 0.717) is 6.61 Å². The number of rotatable bonds is 13. The predicted molar refractivity (Wildman–Crippen MR) is 70.5 cm³/mol. The lowest BCUT2D eigenvalue weighted by molar-refractivity contribution is -0.527. The zero-order valence-corrected chi connectivity index (χ0v) is 11.9. The van der Waals surface area contributed by atoms with E-state index in [4.69, 9.17) is 14.8 Å². The second-order valence-electron chi connectivity index (χ2n) is 4.60. The van der Waals surface area contributed by atoms with E-state index in [2.05, 4.69) is 13.8 Å². The molecule has 0 amide bonds. The van der Waals surface area contributed by atoms with Gasteiger partial charge in [0.05, 0.1) is 12.7 Å². The predicted octanol–water partition coefficient (Wildman–Crippen LogP) is 4.81. The number of unbranched alkanes of at least 4 members (excludes halogenated alkanes) is 4. The molecule has 3 nitrogen and oxygen atoms in total. The van der Waals surface area contributed by atoms with Gasteiger partial charge in [-0.2, -0.15) is 0 Å². The van der Waals surface area contributed by atoms with Gasteiger partial charge in [0, 0.05) is 0 Å². The van der Waals surface area contributed by atoms with Crippen molar-refractivity contribution in [1.82, 2.24) is 0 Å². The van der Waals surface area contributed by atoms with E-state index >= 15 is 0 Å². The molecule has 104 valence electrons. The van der Waals surface area contributed by atoms with Crippen LogP contribution in [0.1, 0.15) is 78.6 Å². The van der Waals surface area contributed by atoms with Gasteiger partial charge in [0.25, 0.3) is 0 Å². The Morgan fingerprint density at radius 2 is 1.53 bits per heavy atom. The van der Waals surface area contributed by atoms with Gasteiger partial charge in [-0.25, -0.2) is 9.78 Å². The molecule has 0 spiro atoms. The van der Waals surface area contributed by atoms with Crippen molar-refractivity contribution in [3.8, 4) is 0 Å². The minimum atomic E-state index is 0.193. The fraction of sp³-hybridized carbons (Fsp3) is 1.00. The SMILES string of the molecule is CCCCCCCC(CCC)OOOCCC. The molecular formula is C14H30O3. The maximum atomic E-state index is 5.27. The molecule has 0 fully saturated rings. The van der Waals surface area contributed by atoms with Crippen LogP contribution in [0.2, 0.25) is 0 Å². The highest BCUT2D eigenvalue weighted by molar-refractivity contribution is 4.56. The highest BCUT2D eigenvalue weighted by Gasteiger charge is 2.09. The molecule has 17 heavy (non-hydrogen) atoms. The first-order valence-corrected chi connectivity index (χ1v) is 7.30. The largest absolute Gasteiger partial charge is 0.206 e. The lowest BCUT2D eigenvalue weighted by Gasteiger charge is -2.14. The first-order valence-electron chi connectivity index (χ1n) is 7.30. The van der Waals surface area contributed by atoms with Crippen LogP contribution in [-0.2, 0) is 14.8 Å². The van der Waals surface area contributed by atoms with Gasteiger partial charge in [-0.3, -0.25) is 0 Å². The van der Waals surface area contributed by atoms with Crippen LogP contribution in [0.5, 0.6) is 0 Å². The number of hydrogen-bond donors (Lipinski definition) is 0. The van der Waals surface area contributed by atoms with Gasteiger partial charge in [0.2, 0.25) is 0 Å². The molecule has 1 atom stereocenters. The first kappa shape index (κ1) is 16.9. The molecule has 0 radical (unpaired) electrons. The molecule has 0 aromatic carbocycles. The molecule has 0 aromatic heterocycles. The molecule has 0 aliphatic rings. The van der Waals surface area contributed by atoms with Gasteiger partial charge in [-0.1, -0.05) is 64.3 Å². The van der Waals surface area contributed by atoms with Crippen LogP contribution < -0.4 is 0 Å². The molecule has 1 unspecified atom stereocenters. The standard InChI is InChI=1S/C14H30O3/c1-4-7-8-9-10-12-14(11-5-2)16-17-15-13-6-3/h14H,4-13H2,1-3H3. The van der Waals surface area contributed by atoms with Crippen molar-refractivity contribution in [2.45, 2.75) is 84.7 Å². The van der Waals surface area contributed by atoms with Crippen molar-refractivity contribution in [2.24, 2.45) is 0 Å². The van der Waals surface area contributed by atoms with E-state index in [-0.39, 0.29) is 6.10 Å². The molecule has 0 heterocycles. The third kappa shape index (κ3) is 12.1. The lowest BCUT2D eigenvalue weighted by Crippen LogP contribution is -2.13. The Kier molecular flexibility index (Phi) is 13.8. The van der Waals surface area contributed by atoms with Crippen molar-refractivity contribution in [1.29, 1.82) is 0 Å².